The standard InChI is InChI=1S/C20H17NO2/c1-12(22)21-15-8-4-2-6-13(15)19-17-10-11-18(23-17)20(19)14-7-3-5-9-16(14)21/h2-9,17-18H,10-11H2,1H3. The molecule has 3 aliphatic rings. The molecule has 3 heterocycles. The summed E-state index contributed by atoms with van der Waals surface area (Å²) in [6, 6.07) is 16.4. The van der Waals surface area contributed by atoms with Crippen LogP contribution in [0.15, 0.2) is 48.5 Å². The molecule has 0 N–H and O–H groups in total. The molecule has 5 rings (SSSR count). The monoisotopic (exact) mass is 303 g/mol. The second-order valence-corrected chi connectivity index (χ2v) is 6.41. The van der Waals surface area contributed by atoms with Gasteiger partial charge in [-0.1, -0.05) is 36.4 Å². The van der Waals surface area contributed by atoms with E-state index in [1.54, 1.807) is 6.92 Å². The molecule has 2 aromatic carbocycles. The van der Waals surface area contributed by atoms with Gasteiger partial charge in [0.15, 0.2) is 0 Å². The fourth-order valence-electron chi connectivity index (χ4n) is 4.31. The molecule has 0 radical (unpaired) electrons. The molecule has 1 amide bonds. The first-order chi connectivity index (χ1) is 11.3. The maximum absolute atomic E-state index is 12.5. The van der Waals surface area contributed by atoms with Crippen LogP contribution in [0.1, 0.15) is 30.9 Å². The van der Waals surface area contributed by atoms with Crippen LogP contribution < -0.4 is 4.90 Å². The molecule has 0 spiro atoms. The van der Waals surface area contributed by atoms with Gasteiger partial charge in [-0.3, -0.25) is 9.69 Å². The second kappa shape index (κ2) is 4.56. The molecule has 114 valence electrons. The molecule has 0 aromatic heterocycles. The highest BCUT2D eigenvalue weighted by atomic mass is 16.5. The molecule has 1 fully saturated rings. The Kier molecular flexibility index (Phi) is 2.59. The number of rotatable bonds is 0. The average molecular weight is 303 g/mol. The third kappa shape index (κ3) is 1.66. The Balaban J connectivity index is 1.91. The first-order valence-electron chi connectivity index (χ1n) is 8.14. The molecule has 0 saturated carbocycles. The summed E-state index contributed by atoms with van der Waals surface area (Å²) in [5, 5.41) is 0. The van der Waals surface area contributed by atoms with Gasteiger partial charge in [-0.05, 0) is 36.1 Å². The van der Waals surface area contributed by atoms with Crippen LogP contribution in [0.5, 0.6) is 0 Å². The van der Waals surface area contributed by atoms with Crippen molar-refractivity contribution in [3.63, 3.8) is 0 Å². The quantitative estimate of drug-likeness (QED) is 0.731. The lowest BCUT2D eigenvalue weighted by atomic mass is 9.84. The van der Waals surface area contributed by atoms with Crippen molar-refractivity contribution >= 4 is 28.4 Å². The van der Waals surface area contributed by atoms with Crippen molar-refractivity contribution in [1.82, 2.24) is 0 Å². The van der Waals surface area contributed by atoms with Crippen molar-refractivity contribution in [3.8, 4) is 0 Å². The number of carbonyl (C=O) groups is 1. The Bertz CT molecular complexity index is 804. The molecule has 0 aliphatic carbocycles. The van der Waals surface area contributed by atoms with E-state index < -0.39 is 0 Å². The minimum absolute atomic E-state index is 0.0411. The Morgan fingerprint density at radius 1 is 0.913 bits per heavy atom. The molecule has 1 saturated heterocycles. The van der Waals surface area contributed by atoms with Crippen LogP contribution in [0.3, 0.4) is 0 Å². The van der Waals surface area contributed by atoms with Crippen LogP contribution >= 0.6 is 0 Å². The van der Waals surface area contributed by atoms with E-state index in [9.17, 15) is 4.79 Å². The van der Waals surface area contributed by atoms with Gasteiger partial charge in [0.25, 0.3) is 0 Å². The van der Waals surface area contributed by atoms with Crippen LogP contribution in [-0.2, 0) is 9.53 Å². The highest BCUT2D eigenvalue weighted by molar-refractivity contribution is 6.12. The highest BCUT2D eigenvalue weighted by Crippen LogP contribution is 2.54. The molecule has 2 bridgehead atoms. The number of hydrogen-bond acceptors (Lipinski definition) is 2. The maximum Gasteiger partial charge on any atom is 0.228 e. The average Bonchev–Trinajstić information content (AvgIpc) is 3.13. The molecule has 3 nitrogen and oxygen atoms in total. The molecular weight excluding hydrogens is 286 g/mol. The van der Waals surface area contributed by atoms with Gasteiger partial charge in [0.2, 0.25) is 5.91 Å². The zero-order chi connectivity index (χ0) is 15.6. The van der Waals surface area contributed by atoms with Gasteiger partial charge < -0.3 is 4.74 Å². The number of carbonyl (C=O) groups excluding carboxylic acids is 1. The van der Waals surface area contributed by atoms with Crippen molar-refractivity contribution in [2.75, 3.05) is 4.90 Å². The van der Waals surface area contributed by atoms with Crippen molar-refractivity contribution < 1.29 is 9.53 Å². The second-order valence-electron chi connectivity index (χ2n) is 6.41. The van der Waals surface area contributed by atoms with E-state index in [1.807, 2.05) is 41.3 Å². The molecule has 2 atom stereocenters. The highest BCUT2D eigenvalue weighted by Gasteiger charge is 2.44. The van der Waals surface area contributed by atoms with E-state index in [0.717, 1.165) is 35.3 Å². The van der Waals surface area contributed by atoms with E-state index in [-0.39, 0.29) is 18.1 Å². The normalized spacial score (nSPS) is 24.1. The lowest BCUT2D eigenvalue weighted by Crippen LogP contribution is -2.24. The molecule has 2 unspecified atom stereocenters. The predicted molar refractivity (Wildman–Crippen MR) is 90.4 cm³/mol. The molecular formula is C20H17NO2. The van der Waals surface area contributed by atoms with E-state index in [1.165, 1.54) is 11.1 Å². The summed E-state index contributed by atoms with van der Waals surface area (Å²) in [6.45, 7) is 1.63. The topological polar surface area (TPSA) is 29.5 Å². The van der Waals surface area contributed by atoms with Crippen molar-refractivity contribution in [2.45, 2.75) is 32.0 Å². The zero-order valence-electron chi connectivity index (χ0n) is 13.0. The van der Waals surface area contributed by atoms with Gasteiger partial charge in [0, 0.05) is 18.1 Å². The summed E-state index contributed by atoms with van der Waals surface area (Å²) in [7, 11) is 0. The predicted octanol–water partition coefficient (Wildman–Crippen LogP) is 4.16. The SMILES string of the molecule is CC(=O)N1c2ccccc2C2=C(c3ccccc31)C1CCC2O1. The number of benzene rings is 2. The van der Waals surface area contributed by atoms with E-state index in [0.29, 0.717) is 0 Å². The first kappa shape index (κ1) is 13.1. The number of nitrogens with zero attached hydrogens (tertiary/aromatic N) is 1. The number of amides is 1. The van der Waals surface area contributed by atoms with Crippen molar-refractivity contribution in [3.05, 3.63) is 59.7 Å². The number of para-hydroxylation sites is 2. The Morgan fingerprint density at radius 3 is 1.87 bits per heavy atom. The van der Waals surface area contributed by atoms with Crippen molar-refractivity contribution in [1.29, 1.82) is 0 Å². The third-order valence-electron chi connectivity index (χ3n) is 5.14. The van der Waals surface area contributed by atoms with Crippen LogP contribution in [0.4, 0.5) is 11.4 Å². The first-order valence-corrected chi connectivity index (χ1v) is 8.14. The summed E-state index contributed by atoms with van der Waals surface area (Å²) in [5.74, 6) is 0.0411. The van der Waals surface area contributed by atoms with E-state index in [4.69, 9.17) is 4.74 Å². The number of hydrogen-bond donors (Lipinski definition) is 0. The van der Waals surface area contributed by atoms with Crippen LogP contribution in [0.25, 0.3) is 11.1 Å². The van der Waals surface area contributed by atoms with Gasteiger partial charge >= 0.3 is 0 Å². The molecule has 23 heavy (non-hydrogen) atoms. The largest absolute Gasteiger partial charge is 0.366 e. The van der Waals surface area contributed by atoms with E-state index >= 15 is 0 Å². The smallest absolute Gasteiger partial charge is 0.228 e. The lowest BCUT2D eigenvalue weighted by Gasteiger charge is -2.25. The fourth-order valence-corrected chi connectivity index (χ4v) is 4.31. The van der Waals surface area contributed by atoms with Crippen molar-refractivity contribution in [2.24, 2.45) is 0 Å². The van der Waals surface area contributed by atoms with Crippen LogP contribution in [0.2, 0.25) is 0 Å². The number of anilines is 2. The van der Waals surface area contributed by atoms with Gasteiger partial charge in [-0.25, -0.2) is 0 Å². The van der Waals surface area contributed by atoms with Gasteiger partial charge in [0.1, 0.15) is 0 Å². The van der Waals surface area contributed by atoms with Crippen LogP contribution in [-0.4, -0.2) is 18.1 Å². The maximum atomic E-state index is 12.5. The van der Waals surface area contributed by atoms with Crippen LogP contribution in [0, 0.1) is 0 Å². The lowest BCUT2D eigenvalue weighted by molar-refractivity contribution is -0.115. The summed E-state index contributed by atoms with van der Waals surface area (Å²) in [5.41, 5.74) is 6.78. The summed E-state index contributed by atoms with van der Waals surface area (Å²) >= 11 is 0. The zero-order valence-corrected chi connectivity index (χ0v) is 13.0. The summed E-state index contributed by atoms with van der Waals surface area (Å²) < 4.78 is 6.21. The minimum atomic E-state index is 0.0411. The summed E-state index contributed by atoms with van der Waals surface area (Å²) in [4.78, 5) is 14.3. The minimum Gasteiger partial charge on any atom is -0.366 e. The fraction of sp³-hybridized carbons (Fsp3) is 0.250. The summed E-state index contributed by atoms with van der Waals surface area (Å²) in [6.07, 6.45) is 2.47. The van der Waals surface area contributed by atoms with Gasteiger partial charge in [0.05, 0.1) is 23.6 Å². The number of ether oxygens (including phenoxy) is 1. The third-order valence-corrected chi connectivity index (χ3v) is 5.14. The Labute approximate surface area is 135 Å². The molecule has 2 aromatic rings. The molecule has 3 heteroatoms. The van der Waals surface area contributed by atoms with Gasteiger partial charge in [-0.15, -0.1) is 0 Å². The Hall–Kier alpha value is -2.39. The molecule has 3 aliphatic heterocycles. The number of fused-ring (bicyclic) bond motifs is 8. The Morgan fingerprint density at radius 2 is 1.39 bits per heavy atom. The van der Waals surface area contributed by atoms with E-state index in [2.05, 4.69) is 12.1 Å². The van der Waals surface area contributed by atoms with Gasteiger partial charge in [-0.2, -0.15) is 0 Å².